The van der Waals surface area contributed by atoms with Crippen molar-refractivity contribution in [2.75, 3.05) is 0 Å². The van der Waals surface area contributed by atoms with E-state index in [1.165, 1.54) is 0 Å². The quantitative estimate of drug-likeness (QED) is 0.792. The van der Waals surface area contributed by atoms with Gasteiger partial charge < -0.3 is 4.74 Å². The van der Waals surface area contributed by atoms with Crippen molar-refractivity contribution in [3.05, 3.63) is 51.0 Å². The minimum atomic E-state index is 0.222. The Morgan fingerprint density at radius 3 is 2.50 bits per heavy atom. The Hall–Kier alpha value is -1.03. The number of rotatable bonds is 3. The number of aryl methyl sites for hydroxylation is 1. The third kappa shape index (κ3) is 3.48. The van der Waals surface area contributed by atoms with E-state index in [9.17, 15) is 0 Å². The van der Waals surface area contributed by atoms with Gasteiger partial charge in [-0.1, -0.05) is 34.8 Å². The van der Waals surface area contributed by atoms with Crippen LogP contribution in [0.15, 0.2) is 24.3 Å². The van der Waals surface area contributed by atoms with Crippen LogP contribution in [0.5, 0.6) is 5.75 Å². The van der Waals surface area contributed by atoms with Crippen LogP contribution in [0, 0.1) is 6.92 Å². The van der Waals surface area contributed by atoms with E-state index in [1.807, 2.05) is 6.92 Å². The van der Waals surface area contributed by atoms with Gasteiger partial charge in [0.05, 0.1) is 10.0 Å². The normalized spacial score (nSPS) is 10.4. The number of ether oxygens (including phenoxy) is 1. The van der Waals surface area contributed by atoms with Crippen LogP contribution in [0.1, 0.15) is 11.5 Å². The van der Waals surface area contributed by atoms with Gasteiger partial charge in [-0.3, -0.25) is 0 Å². The zero-order valence-electron chi connectivity index (χ0n) is 9.45. The van der Waals surface area contributed by atoms with Crippen molar-refractivity contribution >= 4 is 34.8 Å². The monoisotopic (exact) mass is 302 g/mol. The SMILES string of the molecule is Cc1cc(Cl)nc(COc2ccc(Cl)c(Cl)c2)n1. The highest BCUT2D eigenvalue weighted by Gasteiger charge is 2.04. The molecule has 3 nitrogen and oxygen atoms in total. The maximum atomic E-state index is 5.88. The highest BCUT2D eigenvalue weighted by atomic mass is 35.5. The zero-order valence-corrected chi connectivity index (χ0v) is 11.7. The number of aromatic nitrogens is 2. The Bertz CT molecular complexity index is 555. The first kappa shape index (κ1) is 13.4. The molecule has 0 spiro atoms. The maximum absolute atomic E-state index is 5.88. The molecule has 0 saturated heterocycles. The van der Waals surface area contributed by atoms with Gasteiger partial charge in [-0.15, -0.1) is 0 Å². The van der Waals surface area contributed by atoms with Crippen molar-refractivity contribution in [2.24, 2.45) is 0 Å². The predicted molar refractivity (Wildman–Crippen MR) is 72.6 cm³/mol. The van der Waals surface area contributed by atoms with Gasteiger partial charge >= 0.3 is 0 Å². The lowest BCUT2D eigenvalue weighted by Crippen LogP contribution is -2.02. The second-order valence-electron chi connectivity index (χ2n) is 3.61. The molecule has 0 N–H and O–H groups in total. The first-order valence-electron chi connectivity index (χ1n) is 5.12. The number of halogens is 3. The maximum Gasteiger partial charge on any atom is 0.167 e. The molecule has 18 heavy (non-hydrogen) atoms. The summed E-state index contributed by atoms with van der Waals surface area (Å²) in [5.74, 6) is 1.12. The van der Waals surface area contributed by atoms with Crippen LogP contribution in [0.25, 0.3) is 0 Å². The second kappa shape index (κ2) is 5.74. The highest BCUT2D eigenvalue weighted by Crippen LogP contribution is 2.26. The standard InChI is InChI=1S/C12H9Cl3N2O/c1-7-4-11(15)17-12(16-7)6-18-8-2-3-9(13)10(14)5-8/h2-5H,6H2,1H3. The van der Waals surface area contributed by atoms with Gasteiger partial charge in [0, 0.05) is 11.8 Å². The highest BCUT2D eigenvalue weighted by molar-refractivity contribution is 6.42. The molecule has 2 aromatic rings. The second-order valence-corrected chi connectivity index (χ2v) is 4.81. The summed E-state index contributed by atoms with van der Waals surface area (Å²) in [5, 5.41) is 1.33. The molecule has 0 bridgehead atoms. The molecule has 0 fully saturated rings. The molecule has 2 rings (SSSR count). The fraction of sp³-hybridized carbons (Fsp3) is 0.167. The van der Waals surface area contributed by atoms with E-state index in [-0.39, 0.29) is 6.61 Å². The Morgan fingerprint density at radius 1 is 1.06 bits per heavy atom. The van der Waals surface area contributed by atoms with E-state index >= 15 is 0 Å². The summed E-state index contributed by atoms with van der Waals surface area (Å²) >= 11 is 17.5. The molecule has 0 aliphatic carbocycles. The molecule has 0 radical (unpaired) electrons. The van der Waals surface area contributed by atoms with Crippen LogP contribution < -0.4 is 4.74 Å². The van der Waals surface area contributed by atoms with Crippen molar-refractivity contribution in [3.63, 3.8) is 0 Å². The summed E-state index contributed by atoms with van der Waals surface area (Å²) in [5.41, 5.74) is 0.794. The Kier molecular flexibility index (Phi) is 4.27. The number of hydrogen-bond donors (Lipinski definition) is 0. The van der Waals surface area contributed by atoms with Gasteiger partial charge in [-0.25, -0.2) is 9.97 Å². The Labute approximate surface area is 120 Å². The molecule has 0 unspecified atom stereocenters. The topological polar surface area (TPSA) is 35.0 Å². The molecule has 0 amide bonds. The smallest absolute Gasteiger partial charge is 0.167 e. The van der Waals surface area contributed by atoms with Crippen molar-refractivity contribution in [2.45, 2.75) is 13.5 Å². The van der Waals surface area contributed by atoms with Crippen LogP contribution in [0.2, 0.25) is 15.2 Å². The van der Waals surface area contributed by atoms with Crippen LogP contribution in [0.3, 0.4) is 0 Å². The number of benzene rings is 1. The van der Waals surface area contributed by atoms with Gasteiger partial charge in [0.1, 0.15) is 17.5 Å². The first-order valence-corrected chi connectivity index (χ1v) is 6.26. The summed E-state index contributed by atoms with van der Waals surface area (Å²) in [7, 11) is 0. The van der Waals surface area contributed by atoms with E-state index in [0.717, 1.165) is 5.69 Å². The van der Waals surface area contributed by atoms with E-state index < -0.39 is 0 Å². The van der Waals surface area contributed by atoms with Gasteiger partial charge in [0.25, 0.3) is 0 Å². The molecule has 1 heterocycles. The summed E-state index contributed by atoms with van der Waals surface area (Å²) < 4.78 is 5.51. The van der Waals surface area contributed by atoms with Crippen LogP contribution in [-0.2, 0) is 6.61 Å². The van der Waals surface area contributed by atoms with E-state index in [1.54, 1.807) is 24.3 Å². The van der Waals surface area contributed by atoms with Crippen LogP contribution >= 0.6 is 34.8 Å². The fourth-order valence-corrected chi connectivity index (χ4v) is 1.91. The first-order chi connectivity index (χ1) is 8.54. The van der Waals surface area contributed by atoms with Gasteiger partial charge in [0.15, 0.2) is 5.82 Å². The number of nitrogens with zero attached hydrogens (tertiary/aromatic N) is 2. The van der Waals surface area contributed by atoms with Crippen molar-refractivity contribution in [3.8, 4) is 5.75 Å². The summed E-state index contributed by atoms with van der Waals surface area (Å²) in [6.07, 6.45) is 0. The molecule has 0 saturated carbocycles. The Balaban J connectivity index is 2.08. The molecule has 0 aliphatic rings. The molecule has 1 aromatic carbocycles. The summed E-state index contributed by atoms with van der Waals surface area (Å²) in [6, 6.07) is 6.72. The van der Waals surface area contributed by atoms with Gasteiger partial charge in [0.2, 0.25) is 0 Å². The largest absolute Gasteiger partial charge is 0.486 e. The third-order valence-electron chi connectivity index (χ3n) is 2.13. The molecular formula is C12H9Cl3N2O. The van der Waals surface area contributed by atoms with Crippen LogP contribution in [-0.4, -0.2) is 9.97 Å². The zero-order chi connectivity index (χ0) is 13.1. The third-order valence-corrected chi connectivity index (χ3v) is 3.06. The summed E-state index contributed by atoms with van der Waals surface area (Å²) in [6.45, 7) is 2.07. The van der Waals surface area contributed by atoms with Crippen molar-refractivity contribution in [1.82, 2.24) is 9.97 Å². The molecule has 0 atom stereocenters. The van der Waals surface area contributed by atoms with E-state index in [0.29, 0.717) is 26.8 Å². The van der Waals surface area contributed by atoms with Crippen molar-refractivity contribution in [1.29, 1.82) is 0 Å². The summed E-state index contributed by atoms with van der Waals surface area (Å²) in [4.78, 5) is 8.27. The number of hydrogen-bond acceptors (Lipinski definition) is 3. The van der Waals surface area contributed by atoms with E-state index in [2.05, 4.69) is 9.97 Å². The average Bonchev–Trinajstić information content (AvgIpc) is 2.29. The average molecular weight is 304 g/mol. The molecular weight excluding hydrogens is 295 g/mol. The minimum Gasteiger partial charge on any atom is -0.486 e. The lowest BCUT2D eigenvalue weighted by Gasteiger charge is -2.07. The predicted octanol–water partition coefficient (Wildman–Crippen LogP) is 4.32. The minimum absolute atomic E-state index is 0.222. The van der Waals surface area contributed by atoms with Gasteiger partial charge in [-0.2, -0.15) is 0 Å². The molecule has 94 valence electrons. The fourth-order valence-electron chi connectivity index (χ4n) is 1.37. The molecule has 6 heteroatoms. The molecule has 0 aliphatic heterocycles. The van der Waals surface area contributed by atoms with Gasteiger partial charge in [-0.05, 0) is 25.1 Å². The Morgan fingerprint density at radius 2 is 1.83 bits per heavy atom. The molecule has 1 aromatic heterocycles. The lowest BCUT2D eigenvalue weighted by molar-refractivity contribution is 0.295. The van der Waals surface area contributed by atoms with E-state index in [4.69, 9.17) is 39.5 Å². The lowest BCUT2D eigenvalue weighted by atomic mass is 10.3. The van der Waals surface area contributed by atoms with Crippen LogP contribution in [0.4, 0.5) is 0 Å². The van der Waals surface area contributed by atoms with Crippen molar-refractivity contribution < 1.29 is 4.74 Å².